The number of likely N-dealkylation sites (N-methyl/N-ethyl adjacent to an activating group) is 1. The van der Waals surface area contributed by atoms with E-state index in [0.29, 0.717) is 15.9 Å². The zero-order valence-electron chi connectivity index (χ0n) is 13.6. The lowest BCUT2D eigenvalue weighted by molar-refractivity contribution is -0.143. The van der Waals surface area contributed by atoms with Crippen LogP contribution in [0.1, 0.15) is 5.56 Å². The number of methoxy groups -OCH3 is 1. The summed E-state index contributed by atoms with van der Waals surface area (Å²) in [6.07, 6.45) is 6.86. The van der Waals surface area contributed by atoms with Crippen molar-refractivity contribution in [3.05, 3.63) is 33.9 Å². The number of hydrogen-bond donors (Lipinski definition) is 0. The molecule has 0 unspecified atom stereocenters. The smallest absolute Gasteiger partial charge is 0.325 e. The molecule has 0 saturated carbocycles. The van der Waals surface area contributed by atoms with Crippen LogP contribution in [0.25, 0.3) is 6.08 Å². The number of halogens is 1. The first-order chi connectivity index (χ1) is 11.9. The van der Waals surface area contributed by atoms with E-state index >= 15 is 0 Å². The van der Waals surface area contributed by atoms with Gasteiger partial charge in [0.1, 0.15) is 24.6 Å². The van der Waals surface area contributed by atoms with E-state index in [4.69, 9.17) is 23.4 Å². The highest BCUT2D eigenvalue weighted by molar-refractivity contribution is 9.10. The summed E-state index contributed by atoms with van der Waals surface area (Å²) in [5.74, 6) is 2.10. The third kappa shape index (κ3) is 4.18. The van der Waals surface area contributed by atoms with Gasteiger partial charge in [0.25, 0.3) is 5.91 Å². The molecule has 1 aromatic rings. The fraction of sp³-hybridized carbons (Fsp3) is 0.235. The lowest BCUT2D eigenvalue weighted by atomic mass is 10.1. The van der Waals surface area contributed by atoms with Crippen molar-refractivity contribution in [3.8, 4) is 18.1 Å². The van der Waals surface area contributed by atoms with E-state index in [2.05, 4.69) is 26.6 Å². The summed E-state index contributed by atoms with van der Waals surface area (Å²) in [5, 5.41) is 0.245. The number of ether oxygens (including phenoxy) is 2. The lowest BCUT2D eigenvalue weighted by Gasteiger charge is -2.14. The molecule has 6 nitrogen and oxygen atoms in total. The van der Waals surface area contributed by atoms with Gasteiger partial charge in [-0.3, -0.25) is 14.5 Å². The molecule has 0 aromatic heterocycles. The van der Waals surface area contributed by atoms with Crippen LogP contribution in [0.5, 0.6) is 5.75 Å². The summed E-state index contributed by atoms with van der Waals surface area (Å²) in [6, 6.07) is 5.33. The maximum absolute atomic E-state index is 12.5. The molecule has 0 N–H and O–H groups in total. The van der Waals surface area contributed by atoms with E-state index < -0.39 is 5.97 Å². The number of hydrogen-bond acceptors (Lipinski definition) is 5. The second-order valence-electron chi connectivity index (χ2n) is 5.02. The van der Waals surface area contributed by atoms with Crippen molar-refractivity contribution in [1.29, 1.82) is 0 Å². The molecule has 0 radical (unpaired) electrons. The molecular formula is C17H15BrN2O4S. The predicted molar refractivity (Wildman–Crippen MR) is 101 cm³/mol. The standard InChI is InChI=1S/C17H15BrN2O4S/c1-4-7-24-14-6-5-11(8-12(14)18)9-13-16(22)20(10-15(21)23-3)17(25)19(13)2/h1,5-6,8-9H,7,10H2,2-3H3/b13-9-. The topological polar surface area (TPSA) is 59.1 Å². The summed E-state index contributed by atoms with van der Waals surface area (Å²) >= 11 is 8.63. The number of benzene rings is 1. The highest BCUT2D eigenvalue weighted by Gasteiger charge is 2.36. The monoisotopic (exact) mass is 422 g/mol. The van der Waals surface area contributed by atoms with Crippen molar-refractivity contribution in [2.45, 2.75) is 0 Å². The molecule has 25 heavy (non-hydrogen) atoms. The Morgan fingerprint density at radius 2 is 2.20 bits per heavy atom. The maximum atomic E-state index is 12.5. The Labute approximate surface area is 159 Å². The number of nitrogens with zero attached hydrogens (tertiary/aromatic N) is 2. The average molecular weight is 423 g/mol. The third-order valence-corrected chi connectivity index (χ3v) is 4.54. The van der Waals surface area contributed by atoms with Crippen LogP contribution in [0.15, 0.2) is 28.4 Å². The number of thiocarbonyl (C=S) groups is 1. The normalized spacial score (nSPS) is 15.5. The Morgan fingerprint density at radius 3 is 2.80 bits per heavy atom. The van der Waals surface area contributed by atoms with Gasteiger partial charge in [-0.2, -0.15) is 0 Å². The quantitative estimate of drug-likeness (QED) is 0.313. The largest absolute Gasteiger partial charge is 0.480 e. The minimum atomic E-state index is -0.539. The van der Waals surface area contributed by atoms with Crippen LogP contribution in [0, 0.1) is 12.3 Å². The van der Waals surface area contributed by atoms with Crippen LogP contribution in [0.2, 0.25) is 0 Å². The van der Waals surface area contributed by atoms with Crippen molar-refractivity contribution in [1.82, 2.24) is 9.80 Å². The van der Waals surface area contributed by atoms with Gasteiger partial charge in [-0.1, -0.05) is 12.0 Å². The van der Waals surface area contributed by atoms with E-state index in [9.17, 15) is 9.59 Å². The molecule has 0 atom stereocenters. The van der Waals surface area contributed by atoms with Gasteiger partial charge >= 0.3 is 5.97 Å². The van der Waals surface area contributed by atoms with Crippen LogP contribution in [-0.4, -0.2) is 54.1 Å². The van der Waals surface area contributed by atoms with Gasteiger partial charge in [0, 0.05) is 7.05 Å². The number of carbonyl (C=O) groups is 2. The molecule has 1 fully saturated rings. The van der Waals surface area contributed by atoms with Crippen molar-refractivity contribution in [2.24, 2.45) is 0 Å². The van der Waals surface area contributed by atoms with Gasteiger partial charge in [0.2, 0.25) is 0 Å². The molecule has 8 heteroatoms. The van der Waals surface area contributed by atoms with Gasteiger partial charge in [-0.25, -0.2) is 0 Å². The fourth-order valence-electron chi connectivity index (χ4n) is 2.15. The Bertz CT molecular complexity index is 800. The summed E-state index contributed by atoms with van der Waals surface area (Å²) in [5.41, 5.74) is 1.12. The Hall–Kier alpha value is -2.37. The third-order valence-electron chi connectivity index (χ3n) is 3.43. The summed E-state index contributed by atoms with van der Waals surface area (Å²) in [7, 11) is 2.93. The number of rotatable bonds is 5. The average Bonchev–Trinajstić information content (AvgIpc) is 2.79. The van der Waals surface area contributed by atoms with Gasteiger partial charge < -0.3 is 14.4 Å². The minimum absolute atomic E-state index is 0.164. The van der Waals surface area contributed by atoms with E-state index in [1.807, 2.05) is 0 Å². The van der Waals surface area contributed by atoms with E-state index in [-0.39, 0.29) is 24.2 Å². The molecule has 1 aliphatic heterocycles. The molecule has 0 spiro atoms. The Kier molecular flexibility index (Phi) is 6.17. The van der Waals surface area contributed by atoms with Gasteiger partial charge in [-0.05, 0) is 51.9 Å². The van der Waals surface area contributed by atoms with Crippen LogP contribution in [0.3, 0.4) is 0 Å². The zero-order chi connectivity index (χ0) is 18.6. The molecule has 1 aliphatic rings. The first kappa shape index (κ1) is 19.0. The molecule has 0 aliphatic carbocycles. The van der Waals surface area contributed by atoms with Crippen LogP contribution < -0.4 is 4.74 Å². The predicted octanol–water partition coefficient (Wildman–Crippen LogP) is 2.03. The first-order valence-corrected chi connectivity index (χ1v) is 8.33. The Morgan fingerprint density at radius 1 is 1.48 bits per heavy atom. The number of terminal acetylenes is 1. The molecule has 1 amide bonds. The van der Waals surface area contributed by atoms with Crippen LogP contribution >= 0.6 is 28.1 Å². The van der Waals surface area contributed by atoms with E-state index in [1.165, 1.54) is 12.0 Å². The van der Waals surface area contributed by atoms with Crippen molar-refractivity contribution in [2.75, 3.05) is 27.3 Å². The molecular weight excluding hydrogens is 408 g/mol. The second kappa shape index (κ2) is 8.14. The molecule has 1 aromatic carbocycles. The molecule has 130 valence electrons. The molecule has 1 saturated heterocycles. The lowest BCUT2D eigenvalue weighted by Crippen LogP contribution is -2.36. The fourth-order valence-corrected chi connectivity index (χ4v) is 2.90. The first-order valence-electron chi connectivity index (χ1n) is 7.13. The van der Waals surface area contributed by atoms with Crippen LogP contribution in [0.4, 0.5) is 0 Å². The zero-order valence-corrected chi connectivity index (χ0v) is 16.0. The van der Waals surface area contributed by atoms with Crippen molar-refractivity contribution < 1.29 is 19.1 Å². The van der Waals surface area contributed by atoms with E-state index in [0.717, 1.165) is 5.56 Å². The summed E-state index contributed by atoms with van der Waals surface area (Å²) < 4.78 is 10.7. The molecule has 1 heterocycles. The molecule has 0 bridgehead atoms. The summed E-state index contributed by atoms with van der Waals surface area (Å²) in [4.78, 5) is 26.7. The number of esters is 1. The van der Waals surface area contributed by atoms with Gasteiger partial charge in [0.15, 0.2) is 5.11 Å². The summed E-state index contributed by atoms with van der Waals surface area (Å²) in [6.45, 7) is -0.0601. The maximum Gasteiger partial charge on any atom is 0.325 e. The highest BCUT2D eigenvalue weighted by Crippen LogP contribution is 2.28. The SMILES string of the molecule is C#CCOc1ccc(/C=C2/C(=O)N(CC(=O)OC)C(=S)N2C)cc1Br. The number of amides is 1. The number of carbonyl (C=O) groups excluding carboxylic acids is 2. The van der Waals surface area contributed by atoms with Crippen molar-refractivity contribution in [3.63, 3.8) is 0 Å². The highest BCUT2D eigenvalue weighted by atomic mass is 79.9. The van der Waals surface area contributed by atoms with Crippen molar-refractivity contribution >= 4 is 51.2 Å². The van der Waals surface area contributed by atoms with E-state index in [1.54, 1.807) is 36.2 Å². The van der Waals surface area contributed by atoms with Gasteiger partial charge in [0.05, 0.1) is 11.6 Å². The Balaban J connectivity index is 2.27. The second-order valence-corrected chi connectivity index (χ2v) is 6.24. The molecule has 2 rings (SSSR count). The van der Waals surface area contributed by atoms with Crippen LogP contribution in [-0.2, 0) is 14.3 Å². The minimum Gasteiger partial charge on any atom is -0.480 e. The van der Waals surface area contributed by atoms with Gasteiger partial charge in [-0.15, -0.1) is 6.42 Å².